The molecule has 1 amide bonds. The lowest BCUT2D eigenvalue weighted by Gasteiger charge is -2.06. The zero-order chi connectivity index (χ0) is 16.8. The summed E-state index contributed by atoms with van der Waals surface area (Å²) in [7, 11) is 1.55. The van der Waals surface area contributed by atoms with Crippen LogP contribution in [0.4, 0.5) is 8.78 Å². The Hall–Kier alpha value is -2.50. The standard InChI is InChI=1S/C17H18F2N2O2/c1-11(23-13-6-7-14(18)15(19)10-13)3-8-16(20-2)21-17(22)9-12-4-5-12/h3,6-8,10,12H,1,4-5,9H2,2H3,(H,20,21,22)/b8-3-. The number of allylic oxidation sites excluding steroid dienone is 1. The molecule has 122 valence electrons. The maximum atomic E-state index is 13.1. The first-order valence-corrected chi connectivity index (χ1v) is 7.24. The number of carbonyl (C=O) groups is 1. The first kappa shape index (κ1) is 16.9. The van der Waals surface area contributed by atoms with E-state index < -0.39 is 11.6 Å². The van der Waals surface area contributed by atoms with Gasteiger partial charge in [-0.2, -0.15) is 0 Å². The largest absolute Gasteiger partial charge is 0.458 e. The molecule has 0 aromatic heterocycles. The molecule has 23 heavy (non-hydrogen) atoms. The minimum atomic E-state index is -0.998. The highest BCUT2D eigenvalue weighted by atomic mass is 19.2. The summed E-state index contributed by atoms with van der Waals surface area (Å²) in [6.07, 6.45) is 5.72. The van der Waals surface area contributed by atoms with Gasteiger partial charge in [-0.3, -0.25) is 9.79 Å². The van der Waals surface area contributed by atoms with Crippen molar-refractivity contribution in [2.75, 3.05) is 7.05 Å². The molecule has 1 saturated carbocycles. The van der Waals surface area contributed by atoms with Crippen LogP contribution in [-0.4, -0.2) is 18.8 Å². The van der Waals surface area contributed by atoms with Gasteiger partial charge in [-0.1, -0.05) is 6.58 Å². The van der Waals surface area contributed by atoms with Crippen molar-refractivity contribution in [2.45, 2.75) is 19.3 Å². The van der Waals surface area contributed by atoms with Gasteiger partial charge in [0.25, 0.3) is 0 Å². The summed E-state index contributed by atoms with van der Waals surface area (Å²) in [6, 6.07) is 3.20. The van der Waals surface area contributed by atoms with Gasteiger partial charge in [0.1, 0.15) is 17.3 Å². The van der Waals surface area contributed by atoms with Crippen LogP contribution in [0.3, 0.4) is 0 Å². The Bertz CT molecular complexity index is 665. The summed E-state index contributed by atoms with van der Waals surface area (Å²) in [5.74, 6) is -0.820. The van der Waals surface area contributed by atoms with Crippen molar-refractivity contribution >= 4 is 11.7 Å². The second-order valence-corrected chi connectivity index (χ2v) is 5.28. The van der Waals surface area contributed by atoms with Crippen molar-refractivity contribution in [1.29, 1.82) is 0 Å². The number of rotatable bonds is 6. The number of aliphatic imine (C=N–C) groups is 1. The third-order valence-corrected chi connectivity index (χ3v) is 3.25. The number of amidine groups is 1. The fourth-order valence-corrected chi connectivity index (χ4v) is 1.85. The van der Waals surface area contributed by atoms with Gasteiger partial charge in [-0.25, -0.2) is 8.78 Å². The van der Waals surface area contributed by atoms with Crippen molar-refractivity contribution in [2.24, 2.45) is 10.9 Å². The number of hydrogen-bond donors (Lipinski definition) is 1. The van der Waals surface area contributed by atoms with Crippen molar-refractivity contribution in [3.05, 3.63) is 54.3 Å². The number of hydrogen-bond acceptors (Lipinski definition) is 3. The Labute approximate surface area is 133 Å². The molecule has 0 bridgehead atoms. The molecular formula is C17H18F2N2O2. The highest BCUT2D eigenvalue weighted by Gasteiger charge is 2.24. The van der Waals surface area contributed by atoms with E-state index in [1.54, 1.807) is 7.05 Å². The third-order valence-electron chi connectivity index (χ3n) is 3.25. The SMILES string of the molecule is C=C(/C=C\C(=N/C)NC(=O)CC1CC1)Oc1ccc(F)c(F)c1. The average Bonchev–Trinajstić information content (AvgIpc) is 3.31. The maximum Gasteiger partial charge on any atom is 0.225 e. The van der Waals surface area contributed by atoms with Crippen LogP contribution in [0, 0.1) is 17.6 Å². The van der Waals surface area contributed by atoms with Crippen LogP contribution in [0.1, 0.15) is 19.3 Å². The van der Waals surface area contributed by atoms with Gasteiger partial charge in [0.15, 0.2) is 11.6 Å². The molecule has 6 heteroatoms. The Morgan fingerprint density at radius 2 is 2.13 bits per heavy atom. The van der Waals surface area contributed by atoms with Crippen molar-refractivity contribution in [3.8, 4) is 5.75 Å². The molecule has 1 fully saturated rings. The molecule has 0 saturated heterocycles. The Morgan fingerprint density at radius 3 is 2.74 bits per heavy atom. The monoisotopic (exact) mass is 320 g/mol. The van der Waals surface area contributed by atoms with Crippen LogP contribution in [0.15, 0.2) is 47.7 Å². The van der Waals surface area contributed by atoms with Crippen LogP contribution in [0.5, 0.6) is 5.75 Å². The van der Waals surface area contributed by atoms with Gasteiger partial charge < -0.3 is 10.1 Å². The second-order valence-electron chi connectivity index (χ2n) is 5.28. The Kier molecular flexibility index (Phi) is 5.62. The summed E-state index contributed by atoms with van der Waals surface area (Å²) >= 11 is 0. The summed E-state index contributed by atoms with van der Waals surface area (Å²) in [5, 5.41) is 2.69. The van der Waals surface area contributed by atoms with Gasteiger partial charge in [0, 0.05) is 19.5 Å². The molecule has 0 heterocycles. The first-order chi connectivity index (χ1) is 11.0. The zero-order valence-corrected chi connectivity index (χ0v) is 12.8. The van der Waals surface area contributed by atoms with Crippen molar-refractivity contribution < 1.29 is 18.3 Å². The van der Waals surface area contributed by atoms with Gasteiger partial charge >= 0.3 is 0 Å². The van der Waals surface area contributed by atoms with Crippen LogP contribution >= 0.6 is 0 Å². The van der Waals surface area contributed by atoms with E-state index in [1.807, 2.05) is 0 Å². The number of halogens is 2. The quantitative estimate of drug-likeness (QED) is 0.378. The number of nitrogens with one attached hydrogen (secondary N) is 1. The van der Waals surface area contributed by atoms with E-state index in [9.17, 15) is 13.6 Å². The van der Waals surface area contributed by atoms with Crippen LogP contribution in [0.2, 0.25) is 0 Å². The molecule has 2 rings (SSSR count). The number of benzene rings is 1. The number of nitrogens with zero attached hydrogens (tertiary/aromatic N) is 1. The van der Waals surface area contributed by atoms with E-state index in [0.29, 0.717) is 18.2 Å². The molecule has 1 N–H and O–H groups in total. The maximum absolute atomic E-state index is 13.1. The lowest BCUT2D eigenvalue weighted by atomic mass is 10.3. The predicted octanol–water partition coefficient (Wildman–Crippen LogP) is 3.36. The molecule has 0 atom stereocenters. The van der Waals surface area contributed by atoms with Crippen LogP contribution in [0.25, 0.3) is 0 Å². The average molecular weight is 320 g/mol. The van der Waals surface area contributed by atoms with Crippen LogP contribution in [-0.2, 0) is 4.79 Å². The molecular weight excluding hydrogens is 302 g/mol. The Balaban J connectivity index is 1.87. The van der Waals surface area contributed by atoms with Gasteiger partial charge in [-0.05, 0) is 43.0 Å². The fraction of sp³-hybridized carbons (Fsp3) is 0.294. The second kappa shape index (κ2) is 7.67. The first-order valence-electron chi connectivity index (χ1n) is 7.24. The molecule has 0 radical (unpaired) electrons. The van der Waals surface area contributed by atoms with E-state index in [0.717, 1.165) is 25.0 Å². The molecule has 4 nitrogen and oxygen atoms in total. The number of amides is 1. The number of carbonyl (C=O) groups excluding carboxylic acids is 1. The molecule has 1 aliphatic rings. The lowest BCUT2D eigenvalue weighted by Crippen LogP contribution is -2.29. The van der Waals surface area contributed by atoms with Crippen LogP contribution < -0.4 is 10.1 Å². The van der Waals surface area contributed by atoms with Gasteiger partial charge in [0.05, 0.1) is 0 Å². The molecule has 1 aliphatic carbocycles. The van der Waals surface area contributed by atoms with Crippen molar-refractivity contribution in [3.63, 3.8) is 0 Å². The summed E-state index contributed by atoms with van der Waals surface area (Å²) < 4.78 is 31.2. The van der Waals surface area contributed by atoms with Gasteiger partial charge in [-0.15, -0.1) is 0 Å². The third kappa shape index (κ3) is 5.65. The minimum Gasteiger partial charge on any atom is -0.458 e. The smallest absolute Gasteiger partial charge is 0.225 e. The molecule has 0 unspecified atom stereocenters. The lowest BCUT2D eigenvalue weighted by molar-refractivity contribution is -0.120. The predicted molar refractivity (Wildman–Crippen MR) is 84.1 cm³/mol. The summed E-state index contributed by atoms with van der Waals surface area (Å²) in [5.41, 5.74) is 0. The highest BCUT2D eigenvalue weighted by Crippen LogP contribution is 2.32. The fourth-order valence-electron chi connectivity index (χ4n) is 1.85. The number of ether oxygens (including phenoxy) is 1. The topological polar surface area (TPSA) is 50.7 Å². The molecule has 0 aliphatic heterocycles. The minimum absolute atomic E-state index is 0.0788. The summed E-state index contributed by atoms with van der Waals surface area (Å²) in [4.78, 5) is 15.7. The van der Waals surface area contributed by atoms with E-state index in [2.05, 4.69) is 16.9 Å². The molecule has 1 aromatic rings. The highest BCUT2D eigenvalue weighted by molar-refractivity contribution is 6.04. The normalized spacial score (nSPS) is 14.8. The zero-order valence-electron chi connectivity index (χ0n) is 12.8. The van der Waals surface area contributed by atoms with E-state index >= 15 is 0 Å². The van der Waals surface area contributed by atoms with E-state index in [4.69, 9.17) is 4.74 Å². The van der Waals surface area contributed by atoms with Crippen molar-refractivity contribution in [1.82, 2.24) is 5.32 Å². The van der Waals surface area contributed by atoms with E-state index in [1.165, 1.54) is 18.2 Å². The summed E-state index contributed by atoms with van der Waals surface area (Å²) in [6.45, 7) is 3.65. The molecule has 1 aromatic carbocycles. The molecule has 0 spiro atoms. The van der Waals surface area contributed by atoms with E-state index in [-0.39, 0.29) is 17.4 Å². The van der Waals surface area contributed by atoms with Gasteiger partial charge in [0.2, 0.25) is 5.91 Å². The Morgan fingerprint density at radius 1 is 1.39 bits per heavy atom.